The van der Waals surface area contributed by atoms with Crippen LogP contribution in [0.4, 0.5) is 13.2 Å². The zero-order chi connectivity index (χ0) is 18.1. The number of imidazole rings is 1. The highest BCUT2D eigenvalue weighted by Crippen LogP contribution is 2.47. The van der Waals surface area contributed by atoms with Crippen molar-refractivity contribution < 1.29 is 17.9 Å². The van der Waals surface area contributed by atoms with Gasteiger partial charge in [0.15, 0.2) is 11.6 Å². The molecule has 0 bridgehead atoms. The summed E-state index contributed by atoms with van der Waals surface area (Å²) in [6.07, 6.45) is 4.87. The van der Waals surface area contributed by atoms with Gasteiger partial charge in [0.2, 0.25) is 0 Å². The van der Waals surface area contributed by atoms with Crippen molar-refractivity contribution in [3.8, 4) is 0 Å². The summed E-state index contributed by atoms with van der Waals surface area (Å²) in [5, 5.41) is -0.0300. The lowest BCUT2D eigenvalue weighted by Crippen LogP contribution is -2.19. The number of benzene rings is 2. The number of thioether (sulfide) groups is 1. The Labute approximate surface area is 152 Å². The number of hydrogen-bond donors (Lipinski definition) is 0. The average molecular weight is 376 g/mol. The number of halogens is 3. The van der Waals surface area contributed by atoms with Crippen LogP contribution in [0.15, 0.2) is 60.0 Å². The number of aromatic nitrogens is 2. The molecule has 0 N–H and O–H groups in total. The highest BCUT2D eigenvalue weighted by molar-refractivity contribution is 8.00. The molecule has 1 aliphatic heterocycles. The molecular weight excluding hydrogens is 361 g/mol. The minimum Gasteiger partial charge on any atom is -0.367 e. The van der Waals surface area contributed by atoms with Crippen LogP contribution < -0.4 is 0 Å². The van der Waals surface area contributed by atoms with Crippen LogP contribution in [0.25, 0.3) is 0 Å². The van der Waals surface area contributed by atoms with Crippen LogP contribution in [0, 0.1) is 17.5 Å². The third-order valence-electron chi connectivity index (χ3n) is 4.30. The van der Waals surface area contributed by atoms with Gasteiger partial charge in [0.05, 0.1) is 24.3 Å². The van der Waals surface area contributed by atoms with Gasteiger partial charge in [-0.1, -0.05) is 18.2 Å². The summed E-state index contributed by atoms with van der Waals surface area (Å²) in [6.45, 7) is 0.545. The van der Waals surface area contributed by atoms with Crippen molar-refractivity contribution in [3.63, 3.8) is 0 Å². The summed E-state index contributed by atoms with van der Waals surface area (Å²) in [4.78, 5) is 4.83. The van der Waals surface area contributed by atoms with Gasteiger partial charge in [-0.25, -0.2) is 18.2 Å². The van der Waals surface area contributed by atoms with Crippen molar-refractivity contribution in [2.45, 2.75) is 29.4 Å². The molecule has 1 aliphatic rings. The number of nitrogens with zero attached hydrogens (tertiary/aromatic N) is 2. The summed E-state index contributed by atoms with van der Waals surface area (Å²) in [6, 6.07) is 8.58. The van der Waals surface area contributed by atoms with Gasteiger partial charge in [0, 0.05) is 29.4 Å². The quantitative estimate of drug-likeness (QED) is 0.644. The van der Waals surface area contributed by atoms with E-state index in [1.165, 1.54) is 36.0 Å². The molecule has 0 saturated carbocycles. The fourth-order valence-electron chi connectivity index (χ4n) is 3.04. The van der Waals surface area contributed by atoms with Crippen molar-refractivity contribution in [2.75, 3.05) is 0 Å². The molecule has 1 aromatic heterocycles. The molecule has 0 saturated heterocycles. The maximum Gasteiger partial charge on any atom is 0.164 e. The van der Waals surface area contributed by atoms with Crippen molar-refractivity contribution in [1.29, 1.82) is 0 Å². The zero-order valence-electron chi connectivity index (χ0n) is 13.6. The molecule has 0 unspecified atom stereocenters. The first-order valence-electron chi connectivity index (χ1n) is 8.08. The Morgan fingerprint density at radius 3 is 2.85 bits per heavy atom. The molecule has 4 rings (SSSR count). The second kappa shape index (κ2) is 7.17. The lowest BCUT2D eigenvalue weighted by atomic mass is 10.1. The zero-order valence-corrected chi connectivity index (χ0v) is 14.4. The van der Waals surface area contributed by atoms with Gasteiger partial charge in [-0.15, -0.1) is 11.8 Å². The van der Waals surface area contributed by atoms with E-state index in [1.54, 1.807) is 18.6 Å². The molecule has 2 heterocycles. The van der Waals surface area contributed by atoms with Crippen molar-refractivity contribution in [3.05, 3.63) is 83.7 Å². The summed E-state index contributed by atoms with van der Waals surface area (Å²) in [7, 11) is 0. The maximum atomic E-state index is 13.9. The molecule has 3 nitrogen and oxygen atoms in total. The molecule has 0 fully saturated rings. The normalized spacial score (nSPS) is 18.9. The largest absolute Gasteiger partial charge is 0.367 e. The fraction of sp³-hybridized carbons (Fsp3) is 0.211. The molecular formula is C19H15F3N2OS. The summed E-state index contributed by atoms with van der Waals surface area (Å²) >= 11 is 1.52. The standard InChI is InChI=1S/C19H15F3N2OS/c20-13-4-5-14-16(8-13)26-17(9-24-7-6-23-11-24)19(14)25-10-12-2-1-3-15(21)18(12)22/h1-8,11,17,19H,9-10H2/t17-,19-/m0/s1. The number of hydrogen-bond acceptors (Lipinski definition) is 3. The van der Waals surface area contributed by atoms with Gasteiger partial charge >= 0.3 is 0 Å². The van der Waals surface area contributed by atoms with Crippen molar-refractivity contribution in [1.82, 2.24) is 9.55 Å². The van der Waals surface area contributed by atoms with Crippen LogP contribution in [-0.2, 0) is 17.9 Å². The third kappa shape index (κ3) is 3.37. The SMILES string of the molecule is Fc1ccc2c(c1)S[C@@H](Cn1ccnc1)[C@H]2OCc1cccc(F)c1F. The molecule has 0 radical (unpaired) electrons. The molecule has 0 spiro atoms. The predicted molar refractivity (Wildman–Crippen MR) is 92.2 cm³/mol. The summed E-state index contributed by atoms with van der Waals surface area (Å²) < 4.78 is 48.8. The molecule has 3 aromatic rings. The van der Waals surface area contributed by atoms with Gasteiger partial charge in [-0.05, 0) is 23.8 Å². The first-order chi connectivity index (χ1) is 12.6. The van der Waals surface area contributed by atoms with Gasteiger partial charge in [0.1, 0.15) is 5.82 Å². The summed E-state index contributed by atoms with van der Waals surface area (Å²) in [5.74, 6) is -2.11. The third-order valence-corrected chi connectivity index (χ3v) is 5.60. The second-order valence-corrected chi connectivity index (χ2v) is 7.32. The monoisotopic (exact) mass is 376 g/mol. The Kier molecular flexibility index (Phi) is 4.74. The van der Waals surface area contributed by atoms with Gasteiger partial charge < -0.3 is 9.30 Å². The topological polar surface area (TPSA) is 27.1 Å². The minimum absolute atomic E-state index is 0.0300. The molecule has 0 aliphatic carbocycles. The van der Waals surface area contributed by atoms with Gasteiger partial charge in [0.25, 0.3) is 0 Å². The van der Waals surface area contributed by atoms with E-state index in [0.29, 0.717) is 6.54 Å². The van der Waals surface area contributed by atoms with Crippen LogP contribution in [-0.4, -0.2) is 14.8 Å². The smallest absolute Gasteiger partial charge is 0.164 e. The second-order valence-electron chi connectivity index (χ2n) is 6.04. The first kappa shape index (κ1) is 17.2. The molecule has 0 amide bonds. The van der Waals surface area contributed by atoms with E-state index >= 15 is 0 Å². The number of ether oxygens (including phenoxy) is 1. The highest BCUT2D eigenvalue weighted by atomic mass is 32.2. The first-order valence-corrected chi connectivity index (χ1v) is 8.96. The van der Waals surface area contributed by atoms with Crippen LogP contribution in [0.1, 0.15) is 17.2 Å². The maximum absolute atomic E-state index is 13.9. The average Bonchev–Trinajstić information content (AvgIpc) is 3.24. The molecule has 134 valence electrons. The Balaban J connectivity index is 1.58. The van der Waals surface area contributed by atoms with E-state index in [0.717, 1.165) is 16.5 Å². The van der Waals surface area contributed by atoms with E-state index in [1.807, 2.05) is 10.8 Å². The van der Waals surface area contributed by atoms with Crippen LogP contribution >= 0.6 is 11.8 Å². The Morgan fingerprint density at radius 1 is 1.15 bits per heavy atom. The predicted octanol–water partition coefficient (Wildman–Crippen LogP) is 4.73. The molecule has 7 heteroatoms. The lowest BCUT2D eigenvalue weighted by Gasteiger charge is -2.21. The van der Waals surface area contributed by atoms with Crippen LogP contribution in [0.2, 0.25) is 0 Å². The van der Waals surface area contributed by atoms with Crippen LogP contribution in [0.5, 0.6) is 0 Å². The Morgan fingerprint density at radius 2 is 2.04 bits per heavy atom. The van der Waals surface area contributed by atoms with Gasteiger partial charge in [-0.2, -0.15) is 0 Å². The fourth-order valence-corrected chi connectivity index (χ4v) is 4.47. The number of fused-ring (bicyclic) bond motifs is 1. The van der Waals surface area contributed by atoms with E-state index < -0.39 is 11.6 Å². The van der Waals surface area contributed by atoms with E-state index in [-0.39, 0.29) is 29.3 Å². The van der Waals surface area contributed by atoms with Crippen molar-refractivity contribution >= 4 is 11.8 Å². The van der Waals surface area contributed by atoms with Crippen molar-refractivity contribution in [2.24, 2.45) is 0 Å². The summed E-state index contributed by atoms with van der Waals surface area (Å²) in [5.41, 5.74) is 1.02. The van der Waals surface area contributed by atoms with Gasteiger partial charge in [-0.3, -0.25) is 0 Å². The molecule has 2 atom stereocenters. The lowest BCUT2D eigenvalue weighted by molar-refractivity contribution is 0.0348. The highest BCUT2D eigenvalue weighted by Gasteiger charge is 2.35. The molecule has 26 heavy (non-hydrogen) atoms. The Bertz CT molecular complexity index is 917. The van der Waals surface area contributed by atoms with E-state index in [9.17, 15) is 13.2 Å². The van der Waals surface area contributed by atoms with E-state index in [4.69, 9.17) is 4.74 Å². The minimum atomic E-state index is -0.899. The van der Waals surface area contributed by atoms with Crippen LogP contribution in [0.3, 0.4) is 0 Å². The number of rotatable bonds is 5. The Hall–Kier alpha value is -2.25. The van der Waals surface area contributed by atoms with E-state index in [2.05, 4.69) is 4.98 Å². The molecule has 2 aromatic carbocycles.